The SMILES string of the molecule is COc1ccc(CN(Cc2ccc(OC)cc2)S(=O)(=O)c2c(S(=O)(=O)NC[C@@H](O)CNC(=O)O)ccc(I)c2-c2nnn(Cc3ccc(OC)cc3)n2)cc1. The molecule has 0 aliphatic heterocycles. The summed E-state index contributed by atoms with van der Waals surface area (Å²) in [5, 5.41) is 34.0. The fourth-order valence-electron chi connectivity index (χ4n) is 5.31. The van der Waals surface area contributed by atoms with Crippen LogP contribution in [0.3, 0.4) is 0 Å². The van der Waals surface area contributed by atoms with Crippen LogP contribution in [0.25, 0.3) is 11.4 Å². The van der Waals surface area contributed by atoms with Crippen molar-refractivity contribution in [2.24, 2.45) is 0 Å². The summed E-state index contributed by atoms with van der Waals surface area (Å²) in [6.45, 7) is -1.35. The second-order valence-electron chi connectivity index (χ2n) is 11.9. The van der Waals surface area contributed by atoms with Crippen LogP contribution in [0.4, 0.5) is 4.79 Å². The average molecular weight is 908 g/mol. The Labute approximate surface area is 331 Å². The normalized spacial score (nSPS) is 12.3. The van der Waals surface area contributed by atoms with Crippen molar-refractivity contribution in [3.63, 3.8) is 0 Å². The molecule has 292 valence electrons. The molecule has 0 radical (unpaired) electrons. The number of aliphatic hydroxyl groups is 1. The maximum absolute atomic E-state index is 15.2. The third-order valence-electron chi connectivity index (χ3n) is 8.15. The fourth-order valence-corrected chi connectivity index (χ4v) is 9.66. The van der Waals surface area contributed by atoms with Gasteiger partial charge in [-0.2, -0.15) is 9.10 Å². The molecule has 1 atom stereocenters. The van der Waals surface area contributed by atoms with E-state index in [9.17, 15) is 18.3 Å². The van der Waals surface area contributed by atoms with Crippen LogP contribution >= 0.6 is 22.6 Å². The number of hydrogen-bond acceptors (Lipinski definition) is 12. The highest BCUT2D eigenvalue weighted by atomic mass is 127. The zero-order chi connectivity index (χ0) is 39.8. The number of carboxylic acid groups (broad SMARTS) is 1. The Morgan fingerprint density at radius 2 is 1.31 bits per heavy atom. The summed E-state index contributed by atoms with van der Waals surface area (Å²) in [4.78, 5) is 10.9. The first-order valence-electron chi connectivity index (χ1n) is 16.4. The van der Waals surface area contributed by atoms with E-state index in [1.807, 2.05) is 27.9 Å². The molecule has 1 amide bonds. The first kappa shape index (κ1) is 41.3. The second-order valence-corrected chi connectivity index (χ2v) is 16.7. The van der Waals surface area contributed by atoms with Gasteiger partial charge < -0.3 is 29.7 Å². The van der Waals surface area contributed by atoms with Gasteiger partial charge in [0, 0.05) is 29.7 Å². The first-order valence-corrected chi connectivity index (χ1v) is 20.4. The molecule has 1 heterocycles. The minimum atomic E-state index is -4.80. The smallest absolute Gasteiger partial charge is 0.404 e. The van der Waals surface area contributed by atoms with Gasteiger partial charge in [0.05, 0.1) is 39.5 Å². The van der Waals surface area contributed by atoms with E-state index in [2.05, 4.69) is 20.1 Å². The predicted octanol–water partition coefficient (Wildman–Crippen LogP) is 3.32. The maximum Gasteiger partial charge on any atom is 0.404 e. The van der Waals surface area contributed by atoms with Gasteiger partial charge >= 0.3 is 6.09 Å². The van der Waals surface area contributed by atoms with Crippen LogP contribution in [0.5, 0.6) is 17.2 Å². The lowest BCUT2D eigenvalue weighted by Crippen LogP contribution is -2.40. The van der Waals surface area contributed by atoms with Gasteiger partial charge in [-0.1, -0.05) is 36.4 Å². The number of methoxy groups -OCH3 is 3. The Balaban J connectivity index is 1.65. The topological polar surface area (TPSA) is 224 Å². The number of carbonyl (C=O) groups is 1. The molecule has 0 spiro atoms. The van der Waals surface area contributed by atoms with Gasteiger partial charge in [-0.15, -0.1) is 10.2 Å². The Kier molecular flexibility index (Phi) is 13.6. The highest BCUT2D eigenvalue weighted by molar-refractivity contribution is 14.1. The van der Waals surface area contributed by atoms with Gasteiger partial charge in [0.1, 0.15) is 27.0 Å². The van der Waals surface area contributed by atoms with Gasteiger partial charge in [-0.3, -0.25) is 0 Å². The maximum atomic E-state index is 15.2. The van der Waals surface area contributed by atoms with Crippen LogP contribution < -0.4 is 24.2 Å². The van der Waals surface area contributed by atoms with Crippen molar-refractivity contribution in [3.05, 3.63) is 105 Å². The number of halogens is 1. The molecule has 0 bridgehead atoms. The summed E-state index contributed by atoms with van der Waals surface area (Å²) in [5.41, 5.74) is 1.82. The largest absolute Gasteiger partial charge is 0.497 e. The van der Waals surface area contributed by atoms with Crippen molar-refractivity contribution < 1.29 is 46.1 Å². The Hall–Kier alpha value is -4.87. The quantitative estimate of drug-likeness (QED) is 0.0928. The van der Waals surface area contributed by atoms with Crippen molar-refractivity contribution in [2.75, 3.05) is 34.4 Å². The molecule has 0 saturated heterocycles. The number of benzene rings is 4. The Morgan fingerprint density at radius 3 is 1.80 bits per heavy atom. The molecule has 5 rings (SSSR count). The number of amides is 1. The van der Waals surface area contributed by atoms with Gasteiger partial charge in [0.2, 0.25) is 25.9 Å². The van der Waals surface area contributed by atoms with E-state index in [-0.39, 0.29) is 31.0 Å². The fraction of sp³-hybridized carbons (Fsp3) is 0.257. The van der Waals surface area contributed by atoms with Gasteiger partial charge in [0.25, 0.3) is 0 Å². The van der Waals surface area contributed by atoms with E-state index in [0.29, 0.717) is 31.9 Å². The Morgan fingerprint density at radius 1 is 0.800 bits per heavy atom. The summed E-state index contributed by atoms with van der Waals surface area (Å²) in [7, 11) is -4.96. The van der Waals surface area contributed by atoms with E-state index < -0.39 is 55.1 Å². The van der Waals surface area contributed by atoms with Crippen molar-refractivity contribution in [1.29, 1.82) is 0 Å². The molecule has 0 aliphatic carbocycles. The number of nitrogens with zero attached hydrogens (tertiary/aromatic N) is 5. The summed E-state index contributed by atoms with van der Waals surface area (Å²) >= 11 is 1.89. The molecule has 0 fully saturated rings. The number of aliphatic hydroxyl groups excluding tert-OH is 1. The summed E-state index contributed by atoms with van der Waals surface area (Å²) in [6.07, 6.45) is -2.89. The molecule has 4 aromatic carbocycles. The van der Waals surface area contributed by atoms with Gasteiger partial charge in [-0.05, 0) is 93.0 Å². The van der Waals surface area contributed by atoms with E-state index in [0.717, 1.165) is 15.9 Å². The van der Waals surface area contributed by atoms with Crippen LogP contribution in [-0.2, 0) is 39.7 Å². The van der Waals surface area contributed by atoms with E-state index in [1.165, 1.54) is 25.1 Å². The number of rotatable bonds is 18. The first-order chi connectivity index (χ1) is 26.2. The highest BCUT2D eigenvalue weighted by Crippen LogP contribution is 2.38. The highest BCUT2D eigenvalue weighted by Gasteiger charge is 2.37. The van der Waals surface area contributed by atoms with Crippen LogP contribution in [0.1, 0.15) is 16.7 Å². The molecule has 0 saturated carbocycles. The third kappa shape index (κ3) is 10.5. The standard InChI is InChI=1S/C35H38IN7O10S2/c1-51-27-10-4-23(5-11-27)20-42(21-24-6-12-28(52-2)13-7-24)55(49,50)33-31(54(47,48)38-19-26(44)18-37-35(45)46)17-16-30(36)32(33)34-39-41-43(40-34)22-25-8-14-29(53-3)15-9-25/h4-17,26,37-38,44H,18-22H2,1-3H3,(H,45,46)/t26-/m0/s1. The predicted molar refractivity (Wildman–Crippen MR) is 208 cm³/mol. The van der Waals surface area contributed by atoms with Crippen molar-refractivity contribution in [2.45, 2.75) is 35.5 Å². The third-order valence-corrected chi connectivity index (χ3v) is 12.5. The van der Waals surface area contributed by atoms with Crippen LogP contribution in [-0.4, -0.2) is 98.2 Å². The number of aromatic nitrogens is 4. The van der Waals surface area contributed by atoms with Crippen molar-refractivity contribution >= 4 is 48.7 Å². The van der Waals surface area contributed by atoms with E-state index >= 15 is 8.42 Å². The summed E-state index contributed by atoms with van der Waals surface area (Å²) < 4.78 is 78.1. The second kappa shape index (κ2) is 18.2. The summed E-state index contributed by atoms with van der Waals surface area (Å²) in [6, 6.07) is 23.2. The van der Waals surface area contributed by atoms with Crippen molar-refractivity contribution in [3.8, 4) is 28.6 Å². The zero-order valence-electron chi connectivity index (χ0n) is 29.8. The summed E-state index contributed by atoms with van der Waals surface area (Å²) in [5.74, 6) is 1.59. The molecule has 1 aromatic heterocycles. The van der Waals surface area contributed by atoms with Crippen LogP contribution in [0, 0.1) is 3.57 Å². The molecule has 0 aliphatic rings. The number of nitrogens with one attached hydrogen (secondary N) is 2. The molecule has 17 nitrogen and oxygen atoms in total. The monoisotopic (exact) mass is 907 g/mol. The number of hydrogen-bond donors (Lipinski definition) is 4. The van der Waals surface area contributed by atoms with Crippen LogP contribution in [0.15, 0.2) is 94.7 Å². The van der Waals surface area contributed by atoms with E-state index in [1.54, 1.807) is 79.9 Å². The van der Waals surface area contributed by atoms with Crippen LogP contribution in [0.2, 0.25) is 0 Å². The molecule has 55 heavy (non-hydrogen) atoms. The number of tetrazole rings is 1. The molecule has 4 N–H and O–H groups in total. The lowest BCUT2D eigenvalue weighted by atomic mass is 10.2. The number of sulfonamides is 2. The average Bonchev–Trinajstić information content (AvgIpc) is 3.64. The Bertz CT molecular complexity index is 2260. The van der Waals surface area contributed by atoms with E-state index in [4.69, 9.17) is 19.3 Å². The van der Waals surface area contributed by atoms with Gasteiger partial charge in [-0.25, -0.2) is 26.4 Å². The minimum Gasteiger partial charge on any atom is -0.497 e. The molecular formula is C35H38IN7O10S2. The van der Waals surface area contributed by atoms with Gasteiger partial charge in [0.15, 0.2) is 0 Å². The lowest BCUT2D eigenvalue weighted by Gasteiger charge is -2.26. The zero-order valence-corrected chi connectivity index (χ0v) is 33.6. The lowest BCUT2D eigenvalue weighted by molar-refractivity contribution is 0.159. The molecule has 20 heteroatoms. The molecule has 0 unspecified atom stereocenters. The molecular weight excluding hydrogens is 869 g/mol. The molecule has 5 aromatic rings. The minimum absolute atomic E-state index is 0.119. The number of ether oxygens (including phenoxy) is 3. The van der Waals surface area contributed by atoms with Crippen molar-refractivity contribution in [1.82, 2.24) is 34.6 Å².